The van der Waals surface area contributed by atoms with Crippen molar-refractivity contribution in [3.63, 3.8) is 0 Å². The van der Waals surface area contributed by atoms with Gasteiger partial charge in [0.05, 0.1) is 12.3 Å². The van der Waals surface area contributed by atoms with Crippen molar-refractivity contribution in [2.24, 2.45) is 0 Å². The number of benzene rings is 1. The molecular formula is C17H21NO. The predicted octanol–water partition coefficient (Wildman–Crippen LogP) is 4.05. The van der Waals surface area contributed by atoms with Crippen LogP contribution in [0.15, 0.2) is 47.1 Å². The molecule has 1 heterocycles. The summed E-state index contributed by atoms with van der Waals surface area (Å²) < 4.78 is 5.55. The summed E-state index contributed by atoms with van der Waals surface area (Å²) in [5.74, 6) is 1.69. The Balaban J connectivity index is 1.80. The second-order valence-corrected chi connectivity index (χ2v) is 5.38. The third-order valence-electron chi connectivity index (χ3n) is 4.25. The minimum atomic E-state index is 0.311. The smallest absolute Gasteiger partial charge is 0.120 e. The number of furan rings is 1. The summed E-state index contributed by atoms with van der Waals surface area (Å²) in [6, 6.07) is 13.2. The molecule has 1 aliphatic rings. The van der Waals surface area contributed by atoms with Crippen LogP contribution in [0.5, 0.6) is 0 Å². The van der Waals surface area contributed by atoms with Gasteiger partial charge in [0.1, 0.15) is 5.76 Å². The van der Waals surface area contributed by atoms with Crippen molar-refractivity contribution >= 4 is 0 Å². The van der Waals surface area contributed by atoms with Gasteiger partial charge >= 0.3 is 0 Å². The van der Waals surface area contributed by atoms with Crippen molar-refractivity contribution in [3.8, 4) is 0 Å². The van der Waals surface area contributed by atoms with Crippen LogP contribution in [0.2, 0.25) is 0 Å². The molecule has 0 fully saturated rings. The number of aryl methyl sites for hydroxylation is 1. The van der Waals surface area contributed by atoms with E-state index in [-0.39, 0.29) is 0 Å². The zero-order valence-electron chi connectivity index (χ0n) is 11.4. The van der Waals surface area contributed by atoms with Gasteiger partial charge in [0.15, 0.2) is 0 Å². The van der Waals surface area contributed by atoms with Crippen LogP contribution in [0.4, 0.5) is 0 Å². The second-order valence-electron chi connectivity index (χ2n) is 5.38. The summed E-state index contributed by atoms with van der Waals surface area (Å²) in [5.41, 5.74) is 3.08. The first-order valence-corrected chi connectivity index (χ1v) is 7.17. The summed E-state index contributed by atoms with van der Waals surface area (Å²) in [7, 11) is 2.02. The molecule has 1 aliphatic carbocycles. The molecule has 2 unspecified atom stereocenters. The third kappa shape index (κ3) is 2.59. The van der Waals surface area contributed by atoms with Gasteiger partial charge in [0, 0.05) is 0 Å². The Hall–Kier alpha value is -1.54. The average molecular weight is 255 g/mol. The van der Waals surface area contributed by atoms with Gasteiger partial charge in [-0.3, -0.25) is 0 Å². The second kappa shape index (κ2) is 5.62. The molecule has 2 nitrogen and oxygen atoms in total. The highest BCUT2D eigenvalue weighted by Gasteiger charge is 2.24. The molecular weight excluding hydrogens is 234 g/mol. The predicted molar refractivity (Wildman–Crippen MR) is 77.2 cm³/mol. The van der Waals surface area contributed by atoms with E-state index in [2.05, 4.69) is 35.6 Å². The largest absolute Gasteiger partial charge is 0.468 e. The summed E-state index contributed by atoms with van der Waals surface area (Å²) in [6.45, 7) is 0. The van der Waals surface area contributed by atoms with Crippen molar-refractivity contribution in [3.05, 3.63) is 59.5 Å². The van der Waals surface area contributed by atoms with E-state index >= 15 is 0 Å². The van der Waals surface area contributed by atoms with Gasteiger partial charge in [0.2, 0.25) is 0 Å². The molecule has 0 spiro atoms. The molecule has 0 amide bonds. The van der Waals surface area contributed by atoms with Crippen LogP contribution in [0.25, 0.3) is 0 Å². The topological polar surface area (TPSA) is 25.2 Å². The molecule has 100 valence electrons. The Kier molecular flexibility index (Phi) is 3.69. The van der Waals surface area contributed by atoms with E-state index in [1.807, 2.05) is 13.1 Å². The molecule has 1 aromatic carbocycles. The third-order valence-corrected chi connectivity index (χ3v) is 4.25. The Labute approximate surface area is 114 Å². The Morgan fingerprint density at radius 3 is 2.95 bits per heavy atom. The van der Waals surface area contributed by atoms with Crippen LogP contribution >= 0.6 is 0 Å². The van der Waals surface area contributed by atoms with Gasteiger partial charge in [-0.05, 0) is 61.9 Å². The maximum absolute atomic E-state index is 5.55. The standard InChI is InChI=1S/C17H21NO/c1-18-16(17-10-5-11-19-17)12-14-8-4-7-13-6-2-3-9-15(13)14/h2-3,5-6,9-11,14,16,18H,4,7-8,12H2,1H3. The molecule has 0 aliphatic heterocycles. The number of fused-ring (bicyclic) bond motifs is 1. The van der Waals surface area contributed by atoms with Crippen molar-refractivity contribution in [2.45, 2.75) is 37.6 Å². The molecule has 3 rings (SSSR count). The molecule has 2 heteroatoms. The lowest BCUT2D eigenvalue weighted by atomic mass is 9.79. The van der Waals surface area contributed by atoms with Gasteiger partial charge in [0.25, 0.3) is 0 Å². The number of rotatable bonds is 4. The molecule has 2 atom stereocenters. The lowest BCUT2D eigenvalue weighted by Gasteiger charge is -2.28. The Morgan fingerprint density at radius 1 is 1.26 bits per heavy atom. The van der Waals surface area contributed by atoms with Crippen molar-refractivity contribution in [1.82, 2.24) is 5.32 Å². The number of hydrogen-bond donors (Lipinski definition) is 1. The van der Waals surface area contributed by atoms with Gasteiger partial charge in [-0.15, -0.1) is 0 Å². The Morgan fingerprint density at radius 2 is 2.16 bits per heavy atom. The number of nitrogens with one attached hydrogen (secondary N) is 1. The van der Waals surface area contributed by atoms with Gasteiger partial charge < -0.3 is 9.73 Å². The Bertz CT molecular complexity index is 518. The van der Waals surface area contributed by atoms with Crippen LogP contribution in [0, 0.1) is 0 Å². The summed E-state index contributed by atoms with van der Waals surface area (Å²) >= 11 is 0. The van der Waals surface area contributed by atoms with E-state index in [1.54, 1.807) is 11.8 Å². The van der Waals surface area contributed by atoms with E-state index in [4.69, 9.17) is 4.42 Å². The maximum atomic E-state index is 5.55. The highest BCUT2D eigenvalue weighted by Crippen LogP contribution is 2.37. The molecule has 2 aromatic rings. The summed E-state index contributed by atoms with van der Waals surface area (Å²) in [5, 5.41) is 3.39. The minimum absolute atomic E-state index is 0.311. The first kappa shape index (κ1) is 12.5. The van der Waals surface area contributed by atoms with E-state index in [9.17, 15) is 0 Å². The SMILES string of the molecule is CNC(CC1CCCc2ccccc21)c1ccco1. The first-order chi connectivity index (χ1) is 9.38. The zero-order chi connectivity index (χ0) is 13.1. The molecule has 1 aromatic heterocycles. The molecule has 0 bridgehead atoms. The van der Waals surface area contributed by atoms with Gasteiger partial charge in [-0.1, -0.05) is 24.3 Å². The highest BCUT2D eigenvalue weighted by atomic mass is 16.3. The van der Waals surface area contributed by atoms with Crippen molar-refractivity contribution < 1.29 is 4.42 Å². The van der Waals surface area contributed by atoms with Crippen LogP contribution in [-0.4, -0.2) is 7.05 Å². The van der Waals surface area contributed by atoms with Gasteiger partial charge in [-0.2, -0.15) is 0 Å². The fourth-order valence-corrected chi connectivity index (χ4v) is 3.25. The fourth-order valence-electron chi connectivity index (χ4n) is 3.25. The van der Waals surface area contributed by atoms with Crippen LogP contribution in [0.3, 0.4) is 0 Å². The van der Waals surface area contributed by atoms with Crippen LogP contribution in [-0.2, 0) is 6.42 Å². The summed E-state index contributed by atoms with van der Waals surface area (Å²) in [4.78, 5) is 0. The minimum Gasteiger partial charge on any atom is -0.468 e. The lowest BCUT2D eigenvalue weighted by molar-refractivity contribution is 0.375. The molecule has 0 saturated heterocycles. The molecule has 0 radical (unpaired) electrons. The summed E-state index contributed by atoms with van der Waals surface area (Å²) in [6.07, 6.45) is 6.69. The molecule has 19 heavy (non-hydrogen) atoms. The first-order valence-electron chi connectivity index (χ1n) is 7.17. The quantitative estimate of drug-likeness (QED) is 0.891. The van der Waals surface area contributed by atoms with E-state index in [0.29, 0.717) is 12.0 Å². The molecule has 1 N–H and O–H groups in total. The van der Waals surface area contributed by atoms with E-state index in [0.717, 1.165) is 12.2 Å². The van der Waals surface area contributed by atoms with Gasteiger partial charge in [-0.25, -0.2) is 0 Å². The highest BCUT2D eigenvalue weighted by molar-refractivity contribution is 5.32. The average Bonchev–Trinajstić information content (AvgIpc) is 2.99. The van der Waals surface area contributed by atoms with Crippen molar-refractivity contribution in [1.29, 1.82) is 0 Å². The number of hydrogen-bond acceptors (Lipinski definition) is 2. The fraction of sp³-hybridized carbons (Fsp3) is 0.412. The monoisotopic (exact) mass is 255 g/mol. The normalized spacial score (nSPS) is 19.9. The van der Waals surface area contributed by atoms with Crippen LogP contribution < -0.4 is 5.32 Å². The zero-order valence-corrected chi connectivity index (χ0v) is 11.4. The van der Waals surface area contributed by atoms with Crippen LogP contribution in [0.1, 0.15) is 48.1 Å². The van der Waals surface area contributed by atoms with E-state index < -0.39 is 0 Å². The maximum Gasteiger partial charge on any atom is 0.120 e. The van der Waals surface area contributed by atoms with E-state index in [1.165, 1.54) is 24.8 Å². The molecule has 0 saturated carbocycles. The lowest BCUT2D eigenvalue weighted by Crippen LogP contribution is -2.21. The van der Waals surface area contributed by atoms with Crippen molar-refractivity contribution in [2.75, 3.05) is 7.05 Å².